The zero-order chi connectivity index (χ0) is 11.3. The Labute approximate surface area is 91.5 Å². The van der Waals surface area contributed by atoms with Crippen LogP contribution in [0.25, 0.3) is 0 Å². The largest absolute Gasteiger partial charge is 0.496 e. The van der Waals surface area contributed by atoms with Crippen LogP contribution in [0.1, 0.15) is 31.4 Å². The van der Waals surface area contributed by atoms with Crippen LogP contribution in [0.5, 0.6) is 5.75 Å². The Balaban J connectivity index is 2.84. The van der Waals surface area contributed by atoms with Gasteiger partial charge < -0.3 is 4.74 Å². The fourth-order valence-electron chi connectivity index (χ4n) is 1.46. The molecular weight excluding hydrogens is 186 g/mol. The minimum atomic E-state index is 0.653. The van der Waals surface area contributed by atoms with E-state index in [1.54, 1.807) is 13.2 Å². The van der Waals surface area contributed by atoms with E-state index in [4.69, 9.17) is 10.00 Å². The lowest BCUT2D eigenvalue weighted by molar-refractivity contribution is 0.407. The molecule has 2 nitrogen and oxygen atoms in total. The smallest absolute Gasteiger partial charge is 0.123 e. The minimum absolute atomic E-state index is 0.653. The third kappa shape index (κ3) is 3.28. The Hall–Kier alpha value is -1.49. The van der Waals surface area contributed by atoms with Gasteiger partial charge in [0.05, 0.1) is 18.7 Å². The molecule has 0 amide bonds. The first-order valence-electron chi connectivity index (χ1n) is 5.24. The number of benzene rings is 1. The van der Waals surface area contributed by atoms with Crippen molar-refractivity contribution < 1.29 is 4.74 Å². The highest BCUT2D eigenvalue weighted by Gasteiger charge is 2.05. The van der Waals surface area contributed by atoms with Crippen LogP contribution >= 0.6 is 0 Å². The molecule has 0 N–H and O–H groups in total. The second kappa shape index (κ2) is 5.41. The van der Waals surface area contributed by atoms with Crippen molar-refractivity contribution in [1.82, 2.24) is 0 Å². The highest BCUT2D eigenvalue weighted by molar-refractivity contribution is 5.42. The Morgan fingerprint density at radius 2 is 2.13 bits per heavy atom. The van der Waals surface area contributed by atoms with Crippen LogP contribution < -0.4 is 4.74 Å². The first kappa shape index (κ1) is 11.6. The summed E-state index contributed by atoms with van der Waals surface area (Å²) >= 11 is 0. The molecule has 0 aliphatic carbocycles. The average molecular weight is 203 g/mol. The lowest BCUT2D eigenvalue weighted by Crippen LogP contribution is -1.96. The van der Waals surface area contributed by atoms with Crippen LogP contribution in [0.4, 0.5) is 0 Å². The summed E-state index contributed by atoms with van der Waals surface area (Å²) in [6.45, 7) is 4.41. The van der Waals surface area contributed by atoms with E-state index in [0.29, 0.717) is 11.5 Å². The summed E-state index contributed by atoms with van der Waals surface area (Å²) in [5.41, 5.74) is 1.84. The van der Waals surface area contributed by atoms with Crippen molar-refractivity contribution in [2.75, 3.05) is 7.11 Å². The summed E-state index contributed by atoms with van der Waals surface area (Å²) in [4.78, 5) is 0. The number of aryl methyl sites for hydroxylation is 1. The van der Waals surface area contributed by atoms with Crippen molar-refractivity contribution in [3.05, 3.63) is 29.3 Å². The second-order valence-corrected chi connectivity index (χ2v) is 4.07. The molecule has 0 saturated heterocycles. The summed E-state index contributed by atoms with van der Waals surface area (Å²) in [5, 5.41) is 8.76. The van der Waals surface area contributed by atoms with E-state index in [1.807, 2.05) is 12.1 Å². The predicted octanol–water partition coefficient (Wildman–Crippen LogP) is 3.16. The lowest BCUT2D eigenvalue weighted by atomic mass is 10.0. The number of hydrogen-bond acceptors (Lipinski definition) is 2. The summed E-state index contributed by atoms with van der Waals surface area (Å²) in [6.07, 6.45) is 2.15. The fraction of sp³-hybridized carbons (Fsp3) is 0.462. The third-order valence-corrected chi connectivity index (χ3v) is 2.41. The number of nitrogens with zero attached hydrogens (tertiary/aromatic N) is 1. The molecule has 0 spiro atoms. The molecule has 0 bridgehead atoms. The Bertz CT molecular complexity index is 363. The van der Waals surface area contributed by atoms with Crippen molar-refractivity contribution in [3.8, 4) is 11.8 Å². The van der Waals surface area contributed by atoms with Gasteiger partial charge in [-0.3, -0.25) is 0 Å². The molecule has 0 unspecified atom stereocenters. The Kier molecular flexibility index (Phi) is 4.17. The van der Waals surface area contributed by atoms with Gasteiger partial charge in [0.15, 0.2) is 0 Å². The van der Waals surface area contributed by atoms with Crippen LogP contribution in [0.2, 0.25) is 0 Å². The van der Waals surface area contributed by atoms with E-state index in [2.05, 4.69) is 19.9 Å². The first-order valence-corrected chi connectivity index (χ1v) is 5.24. The summed E-state index contributed by atoms with van der Waals surface area (Å²) in [6, 6.07) is 7.75. The molecule has 0 fully saturated rings. The monoisotopic (exact) mass is 203 g/mol. The topological polar surface area (TPSA) is 33.0 Å². The van der Waals surface area contributed by atoms with Crippen LogP contribution in [0, 0.1) is 17.2 Å². The van der Waals surface area contributed by atoms with Crippen molar-refractivity contribution in [1.29, 1.82) is 5.26 Å². The van der Waals surface area contributed by atoms with E-state index in [0.717, 1.165) is 18.6 Å². The summed E-state index contributed by atoms with van der Waals surface area (Å²) in [5.74, 6) is 1.51. The van der Waals surface area contributed by atoms with E-state index < -0.39 is 0 Å². The number of methoxy groups -OCH3 is 1. The van der Waals surface area contributed by atoms with Crippen molar-refractivity contribution in [2.24, 2.45) is 5.92 Å². The zero-order valence-electron chi connectivity index (χ0n) is 9.58. The number of nitriles is 1. The minimum Gasteiger partial charge on any atom is -0.496 e. The van der Waals surface area contributed by atoms with Crippen LogP contribution in [0.15, 0.2) is 18.2 Å². The zero-order valence-corrected chi connectivity index (χ0v) is 9.58. The fourth-order valence-corrected chi connectivity index (χ4v) is 1.46. The van der Waals surface area contributed by atoms with Gasteiger partial charge in [-0.25, -0.2) is 0 Å². The van der Waals surface area contributed by atoms with E-state index in [1.165, 1.54) is 5.56 Å². The molecule has 15 heavy (non-hydrogen) atoms. The van der Waals surface area contributed by atoms with E-state index in [9.17, 15) is 0 Å². The van der Waals surface area contributed by atoms with Gasteiger partial charge in [0.2, 0.25) is 0 Å². The van der Waals surface area contributed by atoms with Gasteiger partial charge in [0, 0.05) is 0 Å². The van der Waals surface area contributed by atoms with E-state index in [-0.39, 0.29) is 0 Å². The van der Waals surface area contributed by atoms with Gasteiger partial charge >= 0.3 is 0 Å². The van der Waals surface area contributed by atoms with Gasteiger partial charge in [0.1, 0.15) is 5.75 Å². The predicted molar refractivity (Wildman–Crippen MR) is 60.9 cm³/mol. The molecular formula is C13H17NO. The quantitative estimate of drug-likeness (QED) is 0.753. The van der Waals surface area contributed by atoms with Crippen LogP contribution in [-0.4, -0.2) is 7.11 Å². The van der Waals surface area contributed by atoms with Gasteiger partial charge in [-0.1, -0.05) is 19.9 Å². The Morgan fingerprint density at radius 3 is 2.67 bits per heavy atom. The molecule has 0 aromatic heterocycles. The second-order valence-electron chi connectivity index (χ2n) is 4.07. The standard InChI is InChI=1S/C13H17NO/c1-10(2)4-6-12-7-5-11(9-14)8-13(12)15-3/h5,7-8,10H,4,6H2,1-3H3. The lowest BCUT2D eigenvalue weighted by Gasteiger charge is -2.09. The van der Waals surface area contributed by atoms with Gasteiger partial charge in [-0.2, -0.15) is 5.26 Å². The molecule has 0 aliphatic heterocycles. The third-order valence-electron chi connectivity index (χ3n) is 2.41. The molecule has 0 saturated carbocycles. The van der Waals surface area contributed by atoms with Gasteiger partial charge in [0.25, 0.3) is 0 Å². The molecule has 1 aromatic carbocycles. The number of rotatable bonds is 4. The Morgan fingerprint density at radius 1 is 1.40 bits per heavy atom. The highest BCUT2D eigenvalue weighted by Crippen LogP contribution is 2.22. The molecule has 0 atom stereocenters. The average Bonchev–Trinajstić information content (AvgIpc) is 2.25. The summed E-state index contributed by atoms with van der Waals surface area (Å²) < 4.78 is 5.27. The molecule has 2 heteroatoms. The summed E-state index contributed by atoms with van der Waals surface area (Å²) in [7, 11) is 1.65. The molecule has 0 radical (unpaired) electrons. The molecule has 0 heterocycles. The SMILES string of the molecule is COc1cc(C#N)ccc1CCC(C)C. The van der Waals surface area contributed by atoms with Gasteiger partial charge in [-0.05, 0) is 36.5 Å². The first-order chi connectivity index (χ1) is 7.17. The van der Waals surface area contributed by atoms with Crippen molar-refractivity contribution in [3.63, 3.8) is 0 Å². The van der Waals surface area contributed by atoms with Crippen molar-refractivity contribution in [2.45, 2.75) is 26.7 Å². The number of ether oxygens (including phenoxy) is 1. The molecule has 80 valence electrons. The maximum absolute atomic E-state index is 8.76. The highest BCUT2D eigenvalue weighted by atomic mass is 16.5. The number of hydrogen-bond donors (Lipinski definition) is 0. The molecule has 0 aliphatic rings. The van der Waals surface area contributed by atoms with Crippen molar-refractivity contribution >= 4 is 0 Å². The maximum Gasteiger partial charge on any atom is 0.123 e. The normalized spacial score (nSPS) is 10.1. The van der Waals surface area contributed by atoms with Crippen LogP contribution in [-0.2, 0) is 6.42 Å². The van der Waals surface area contributed by atoms with E-state index >= 15 is 0 Å². The van der Waals surface area contributed by atoms with Gasteiger partial charge in [-0.15, -0.1) is 0 Å². The maximum atomic E-state index is 8.76. The molecule has 1 aromatic rings. The van der Waals surface area contributed by atoms with Crippen LogP contribution in [0.3, 0.4) is 0 Å². The molecule has 1 rings (SSSR count).